The van der Waals surface area contributed by atoms with Crippen molar-refractivity contribution in [2.75, 3.05) is 0 Å². The van der Waals surface area contributed by atoms with Crippen LogP contribution in [0.1, 0.15) is 19.3 Å². The van der Waals surface area contributed by atoms with Crippen LogP contribution in [0.2, 0.25) is 0 Å². The molecule has 0 spiro atoms. The van der Waals surface area contributed by atoms with Crippen LogP contribution < -0.4 is 17.2 Å². The van der Waals surface area contributed by atoms with Crippen molar-refractivity contribution in [3.8, 4) is 0 Å². The molecule has 0 amide bonds. The molecule has 1 aliphatic carbocycles. The maximum absolute atomic E-state index is 5.69. The van der Waals surface area contributed by atoms with Crippen molar-refractivity contribution in [3.63, 3.8) is 0 Å². The molecule has 1 atom stereocenters. The molecule has 1 fully saturated rings. The molecule has 0 aromatic rings. The van der Waals surface area contributed by atoms with Gasteiger partial charge in [0.15, 0.2) is 0 Å². The topological polar surface area (TPSA) is 78.1 Å². The molecule has 6 N–H and O–H groups in total. The van der Waals surface area contributed by atoms with Gasteiger partial charge in [0.25, 0.3) is 0 Å². The zero-order valence-electron chi connectivity index (χ0n) is 6.14. The molecule has 0 aromatic heterocycles. The summed E-state index contributed by atoms with van der Waals surface area (Å²) in [4.78, 5) is 0. The van der Waals surface area contributed by atoms with Gasteiger partial charge in [-0.05, 0) is 12.8 Å². The van der Waals surface area contributed by atoms with Crippen LogP contribution in [-0.4, -0.2) is 11.7 Å². The number of hydrogen-bond acceptors (Lipinski definition) is 3. The molecule has 58 valence electrons. The van der Waals surface area contributed by atoms with E-state index in [9.17, 15) is 0 Å². The average Bonchev–Trinajstić information content (AvgIpc) is 1.79. The highest BCUT2D eigenvalue weighted by atomic mass is 15.0. The van der Waals surface area contributed by atoms with Crippen LogP contribution in [0.3, 0.4) is 0 Å². The Hall–Kier alpha value is -0.380. The Balaban J connectivity index is 2.57. The predicted molar refractivity (Wildman–Crippen MR) is 42.1 cm³/mol. The molecule has 3 heteroatoms. The molecule has 1 saturated carbocycles. The van der Waals surface area contributed by atoms with Crippen LogP contribution >= 0.6 is 0 Å². The van der Waals surface area contributed by atoms with Crippen molar-refractivity contribution in [2.45, 2.75) is 31.0 Å². The second kappa shape index (κ2) is 2.34. The second-order valence-electron chi connectivity index (χ2n) is 3.21. The first-order valence-corrected chi connectivity index (χ1v) is 3.52. The van der Waals surface area contributed by atoms with Gasteiger partial charge in [-0.3, -0.25) is 0 Å². The zero-order chi connectivity index (χ0) is 7.78. The van der Waals surface area contributed by atoms with Crippen molar-refractivity contribution in [2.24, 2.45) is 17.2 Å². The lowest BCUT2D eigenvalue weighted by molar-refractivity contribution is 0.337. The molecule has 10 heavy (non-hydrogen) atoms. The third-order valence-corrected chi connectivity index (χ3v) is 2.00. The number of rotatable bonds is 0. The molecule has 1 unspecified atom stereocenters. The van der Waals surface area contributed by atoms with E-state index in [4.69, 9.17) is 17.2 Å². The van der Waals surface area contributed by atoms with Crippen LogP contribution in [0.4, 0.5) is 0 Å². The highest BCUT2D eigenvalue weighted by molar-refractivity contribution is 5.12. The monoisotopic (exact) mass is 141 g/mol. The summed E-state index contributed by atoms with van der Waals surface area (Å²) in [7, 11) is 0. The van der Waals surface area contributed by atoms with Gasteiger partial charge in [0, 0.05) is 12.5 Å². The molecule has 0 aliphatic heterocycles. The van der Waals surface area contributed by atoms with Crippen molar-refractivity contribution in [3.05, 3.63) is 12.2 Å². The van der Waals surface area contributed by atoms with Crippen molar-refractivity contribution in [1.82, 2.24) is 0 Å². The summed E-state index contributed by atoms with van der Waals surface area (Å²) < 4.78 is 0. The van der Waals surface area contributed by atoms with Crippen LogP contribution in [-0.2, 0) is 0 Å². The van der Waals surface area contributed by atoms with Crippen molar-refractivity contribution >= 4 is 0 Å². The quantitative estimate of drug-likeness (QED) is 0.319. The molecule has 0 radical (unpaired) electrons. The average molecular weight is 141 g/mol. The molecule has 1 rings (SSSR count). The van der Waals surface area contributed by atoms with Gasteiger partial charge in [-0.15, -0.1) is 0 Å². The minimum Gasteiger partial charge on any atom is -0.324 e. The van der Waals surface area contributed by atoms with E-state index >= 15 is 0 Å². The van der Waals surface area contributed by atoms with Gasteiger partial charge < -0.3 is 17.2 Å². The smallest absolute Gasteiger partial charge is 0.0675 e. The Morgan fingerprint density at radius 1 is 1.50 bits per heavy atom. The lowest BCUT2D eigenvalue weighted by Crippen LogP contribution is -2.54. The lowest BCUT2D eigenvalue weighted by atomic mass is 9.84. The first-order valence-electron chi connectivity index (χ1n) is 3.52. The minimum atomic E-state index is -0.549. The van der Waals surface area contributed by atoms with E-state index in [2.05, 4.69) is 6.58 Å². The van der Waals surface area contributed by atoms with Gasteiger partial charge in [-0.1, -0.05) is 12.2 Å². The predicted octanol–water partition coefficient (Wildman–Crippen LogP) is -0.332. The van der Waals surface area contributed by atoms with Gasteiger partial charge >= 0.3 is 0 Å². The van der Waals surface area contributed by atoms with E-state index < -0.39 is 5.66 Å². The van der Waals surface area contributed by atoms with Crippen LogP contribution in [0.5, 0.6) is 0 Å². The van der Waals surface area contributed by atoms with E-state index in [1.54, 1.807) is 0 Å². The van der Waals surface area contributed by atoms with Crippen molar-refractivity contribution in [1.29, 1.82) is 0 Å². The fraction of sp³-hybridized carbons (Fsp3) is 0.714. The SMILES string of the molecule is C=C1CC(N)(N)CCC1N. The molecule has 0 bridgehead atoms. The molecule has 0 saturated heterocycles. The maximum Gasteiger partial charge on any atom is 0.0675 e. The molecular weight excluding hydrogens is 126 g/mol. The Kier molecular flexibility index (Phi) is 1.81. The van der Waals surface area contributed by atoms with E-state index in [1.165, 1.54) is 0 Å². The van der Waals surface area contributed by atoms with Crippen LogP contribution in [0.15, 0.2) is 12.2 Å². The summed E-state index contributed by atoms with van der Waals surface area (Å²) in [5.41, 5.74) is 17.5. The van der Waals surface area contributed by atoms with E-state index in [0.29, 0.717) is 6.42 Å². The van der Waals surface area contributed by atoms with Gasteiger partial charge in [-0.2, -0.15) is 0 Å². The summed E-state index contributed by atoms with van der Waals surface area (Å²) in [5.74, 6) is 0. The maximum atomic E-state index is 5.69. The fourth-order valence-electron chi connectivity index (χ4n) is 1.27. The van der Waals surface area contributed by atoms with Gasteiger partial charge in [0.2, 0.25) is 0 Å². The molecule has 0 heterocycles. The molecule has 3 nitrogen and oxygen atoms in total. The fourth-order valence-corrected chi connectivity index (χ4v) is 1.27. The van der Waals surface area contributed by atoms with E-state index in [1.807, 2.05) is 0 Å². The summed E-state index contributed by atoms with van der Waals surface area (Å²) in [6.45, 7) is 3.81. The normalized spacial score (nSPS) is 32.3. The standard InChI is InChI=1S/C7H15N3/c1-5-4-7(9,10)3-2-6(5)8/h6H,1-4,8-10H2. The highest BCUT2D eigenvalue weighted by Crippen LogP contribution is 2.24. The lowest BCUT2D eigenvalue weighted by Gasteiger charge is -2.33. The van der Waals surface area contributed by atoms with E-state index in [0.717, 1.165) is 18.4 Å². The third kappa shape index (κ3) is 1.56. The van der Waals surface area contributed by atoms with Gasteiger partial charge in [0.05, 0.1) is 5.66 Å². The summed E-state index contributed by atoms with van der Waals surface area (Å²) in [6, 6.07) is 0.111. The van der Waals surface area contributed by atoms with Crippen LogP contribution in [0, 0.1) is 0 Å². The Labute approximate surface area is 61.3 Å². The largest absolute Gasteiger partial charge is 0.324 e. The Morgan fingerprint density at radius 2 is 2.10 bits per heavy atom. The minimum absolute atomic E-state index is 0.111. The molecular formula is C7H15N3. The first-order chi connectivity index (χ1) is 4.51. The number of hydrogen-bond donors (Lipinski definition) is 3. The molecule has 1 aliphatic rings. The summed E-state index contributed by atoms with van der Waals surface area (Å²) in [5, 5.41) is 0. The summed E-state index contributed by atoms with van der Waals surface area (Å²) in [6.07, 6.45) is 2.33. The summed E-state index contributed by atoms with van der Waals surface area (Å²) >= 11 is 0. The van der Waals surface area contributed by atoms with E-state index in [-0.39, 0.29) is 6.04 Å². The number of nitrogens with two attached hydrogens (primary N) is 3. The molecule has 0 aromatic carbocycles. The Morgan fingerprint density at radius 3 is 2.50 bits per heavy atom. The van der Waals surface area contributed by atoms with Gasteiger partial charge in [-0.25, -0.2) is 0 Å². The highest BCUT2D eigenvalue weighted by Gasteiger charge is 2.28. The zero-order valence-corrected chi connectivity index (χ0v) is 6.14. The second-order valence-corrected chi connectivity index (χ2v) is 3.21. The third-order valence-electron chi connectivity index (χ3n) is 2.00. The van der Waals surface area contributed by atoms with Crippen molar-refractivity contribution < 1.29 is 0 Å². The van der Waals surface area contributed by atoms with Crippen LogP contribution in [0.25, 0.3) is 0 Å². The Bertz CT molecular complexity index is 151. The van der Waals surface area contributed by atoms with Gasteiger partial charge in [0.1, 0.15) is 0 Å². The first kappa shape index (κ1) is 7.72.